The van der Waals surface area contributed by atoms with Crippen molar-refractivity contribution < 1.29 is 0 Å². The van der Waals surface area contributed by atoms with Gasteiger partial charge in [-0.3, -0.25) is 0 Å². The fraction of sp³-hybridized carbons (Fsp3) is 0.357. The van der Waals surface area contributed by atoms with E-state index in [1.807, 2.05) is 0 Å². The van der Waals surface area contributed by atoms with E-state index in [2.05, 4.69) is 49.3 Å². The predicted octanol–water partition coefficient (Wildman–Crippen LogP) is 3.70. The molecule has 2 aromatic rings. The lowest BCUT2D eigenvalue weighted by atomic mass is 9.97. The molecule has 0 radical (unpaired) electrons. The zero-order valence-electron chi connectivity index (χ0n) is 10.5. The Labute approximate surface area is 107 Å². The molecule has 0 saturated carbocycles. The highest BCUT2D eigenvalue weighted by atomic mass is 32.1. The van der Waals surface area contributed by atoms with Crippen LogP contribution in [0.5, 0.6) is 0 Å². The topological polar surface area (TPSA) is 38.9 Å². The molecule has 17 heavy (non-hydrogen) atoms. The molecule has 90 valence electrons. The maximum absolute atomic E-state index is 5.61. The fourth-order valence-electron chi connectivity index (χ4n) is 1.80. The van der Waals surface area contributed by atoms with Crippen LogP contribution in [0.3, 0.4) is 0 Å². The molecule has 0 saturated heterocycles. The average molecular weight is 246 g/mol. The van der Waals surface area contributed by atoms with Crippen molar-refractivity contribution >= 4 is 11.3 Å². The molecule has 3 heteroatoms. The minimum Gasteiger partial charge on any atom is -0.325 e. The zero-order chi connectivity index (χ0) is 12.4. The van der Waals surface area contributed by atoms with Crippen molar-refractivity contribution in [1.29, 1.82) is 0 Å². The molecule has 0 amide bonds. The highest BCUT2D eigenvalue weighted by molar-refractivity contribution is 7.09. The van der Waals surface area contributed by atoms with Gasteiger partial charge in [-0.25, -0.2) is 4.98 Å². The number of rotatable bonds is 3. The summed E-state index contributed by atoms with van der Waals surface area (Å²) in [5.41, 5.74) is 10.5. The van der Waals surface area contributed by atoms with Crippen LogP contribution >= 0.6 is 11.3 Å². The minimum absolute atomic E-state index is 0.521. The van der Waals surface area contributed by atoms with Gasteiger partial charge in [0.2, 0.25) is 0 Å². The van der Waals surface area contributed by atoms with Crippen LogP contribution in [0.15, 0.2) is 23.6 Å². The fourth-order valence-corrected chi connectivity index (χ4v) is 2.48. The van der Waals surface area contributed by atoms with Gasteiger partial charge in [0, 0.05) is 17.5 Å². The number of aromatic nitrogens is 1. The Bertz CT molecular complexity index is 515. The number of benzene rings is 1. The SMILES string of the molecule is Cc1ccc(C(C)C)cc1-c1csc(CN)n1. The van der Waals surface area contributed by atoms with Crippen LogP contribution in [0.4, 0.5) is 0 Å². The highest BCUT2D eigenvalue weighted by Crippen LogP contribution is 2.28. The first-order valence-corrected chi connectivity index (χ1v) is 6.75. The minimum atomic E-state index is 0.521. The van der Waals surface area contributed by atoms with E-state index in [9.17, 15) is 0 Å². The van der Waals surface area contributed by atoms with E-state index >= 15 is 0 Å². The molecule has 1 heterocycles. The molecule has 0 spiro atoms. The second-order valence-electron chi connectivity index (χ2n) is 4.56. The van der Waals surface area contributed by atoms with Gasteiger partial charge >= 0.3 is 0 Å². The molecule has 1 aromatic heterocycles. The van der Waals surface area contributed by atoms with Gasteiger partial charge in [-0.15, -0.1) is 11.3 Å². The van der Waals surface area contributed by atoms with Gasteiger partial charge in [0.15, 0.2) is 0 Å². The smallest absolute Gasteiger partial charge is 0.107 e. The Morgan fingerprint density at radius 1 is 1.35 bits per heavy atom. The van der Waals surface area contributed by atoms with Crippen molar-refractivity contribution in [2.45, 2.75) is 33.2 Å². The standard InChI is InChI=1S/C14H18N2S/c1-9(2)11-5-4-10(3)12(6-11)13-8-17-14(7-15)16-13/h4-6,8-9H,7,15H2,1-3H3. The highest BCUT2D eigenvalue weighted by Gasteiger charge is 2.09. The molecule has 0 atom stereocenters. The molecule has 0 aliphatic carbocycles. The van der Waals surface area contributed by atoms with E-state index in [0.717, 1.165) is 10.7 Å². The molecule has 0 fully saturated rings. The second-order valence-corrected chi connectivity index (χ2v) is 5.50. The molecular formula is C14H18N2S. The molecular weight excluding hydrogens is 228 g/mol. The third-order valence-corrected chi connectivity index (χ3v) is 3.80. The van der Waals surface area contributed by atoms with Crippen LogP contribution in [0.25, 0.3) is 11.3 Å². The average Bonchev–Trinajstić information content (AvgIpc) is 2.77. The predicted molar refractivity (Wildman–Crippen MR) is 74.3 cm³/mol. The van der Waals surface area contributed by atoms with Gasteiger partial charge in [-0.2, -0.15) is 0 Å². The van der Waals surface area contributed by atoms with Crippen LogP contribution in [0.2, 0.25) is 0 Å². The van der Waals surface area contributed by atoms with E-state index < -0.39 is 0 Å². The number of hydrogen-bond donors (Lipinski definition) is 1. The third kappa shape index (κ3) is 2.56. The summed E-state index contributed by atoms with van der Waals surface area (Å²) in [5, 5.41) is 3.09. The Morgan fingerprint density at radius 3 is 2.71 bits per heavy atom. The second kappa shape index (κ2) is 4.98. The van der Waals surface area contributed by atoms with Gasteiger partial charge in [-0.1, -0.05) is 26.0 Å². The number of thiazole rings is 1. The van der Waals surface area contributed by atoms with Crippen molar-refractivity contribution in [2.24, 2.45) is 5.73 Å². The summed E-state index contributed by atoms with van der Waals surface area (Å²) in [5.74, 6) is 0.543. The largest absolute Gasteiger partial charge is 0.325 e. The quantitative estimate of drug-likeness (QED) is 0.896. The zero-order valence-corrected chi connectivity index (χ0v) is 11.3. The molecule has 2 N–H and O–H groups in total. The Morgan fingerprint density at radius 2 is 2.12 bits per heavy atom. The van der Waals surface area contributed by atoms with E-state index in [1.165, 1.54) is 16.7 Å². The normalized spacial score (nSPS) is 11.1. The summed E-state index contributed by atoms with van der Waals surface area (Å²) in [4.78, 5) is 4.55. The van der Waals surface area contributed by atoms with Crippen molar-refractivity contribution in [2.75, 3.05) is 0 Å². The summed E-state index contributed by atoms with van der Waals surface area (Å²) in [6, 6.07) is 6.61. The van der Waals surface area contributed by atoms with Gasteiger partial charge < -0.3 is 5.73 Å². The maximum Gasteiger partial charge on any atom is 0.107 e. The van der Waals surface area contributed by atoms with Crippen molar-refractivity contribution in [3.63, 3.8) is 0 Å². The molecule has 0 bridgehead atoms. The van der Waals surface area contributed by atoms with E-state index in [1.54, 1.807) is 11.3 Å². The first kappa shape index (κ1) is 12.3. The molecule has 0 unspecified atom stereocenters. The number of nitrogens with two attached hydrogens (primary N) is 1. The van der Waals surface area contributed by atoms with Crippen molar-refractivity contribution in [1.82, 2.24) is 4.98 Å². The Balaban J connectivity index is 2.46. The summed E-state index contributed by atoms with van der Waals surface area (Å²) in [6.07, 6.45) is 0. The molecule has 0 aliphatic rings. The summed E-state index contributed by atoms with van der Waals surface area (Å²) >= 11 is 1.63. The van der Waals surface area contributed by atoms with Crippen LogP contribution < -0.4 is 5.73 Å². The Hall–Kier alpha value is -1.19. The van der Waals surface area contributed by atoms with Crippen LogP contribution in [0.1, 0.15) is 35.9 Å². The molecule has 0 aliphatic heterocycles. The van der Waals surface area contributed by atoms with Crippen molar-refractivity contribution in [3.8, 4) is 11.3 Å². The van der Waals surface area contributed by atoms with Crippen LogP contribution in [-0.2, 0) is 6.54 Å². The lowest BCUT2D eigenvalue weighted by molar-refractivity contribution is 0.866. The summed E-state index contributed by atoms with van der Waals surface area (Å²) in [6.45, 7) is 7.07. The number of aryl methyl sites for hydroxylation is 1. The lowest BCUT2D eigenvalue weighted by Gasteiger charge is -2.09. The van der Waals surface area contributed by atoms with Crippen molar-refractivity contribution in [3.05, 3.63) is 39.7 Å². The van der Waals surface area contributed by atoms with E-state index in [-0.39, 0.29) is 0 Å². The molecule has 1 aromatic carbocycles. The lowest BCUT2D eigenvalue weighted by Crippen LogP contribution is -1.95. The van der Waals surface area contributed by atoms with Crippen LogP contribution in [-0.4, -0.2) is 4.98 Å². The number of nitrogens with zero attached hydrogens (tertiary/aromatic N) is 1. The third-order valence-electron chi connectivity index (χ3n) is 2.93. The van der Waals surface area contributed by atoms with E-state index in [4.69, 9.17) is 5.73 Å². The van der Waals surface area contributed by atoms with Gasteiger partial charge in [0.25, 0.3) is 0 Å². The van der Waals surface area contributed by atoms with Gasteiger partial charge in [-0.05, 0) is 30.0 Å². The first-order valence-electron chi connectivity index (χ1n) is 5.87. The monoisotopic (exact) mass is 246 g/mol. The first-order chi connectivity index (χ1) is 8.11. The van der Waals surface area contributed by atoms with E-state index in [0.29, 0.717) is 12.5 Å². The van der Waals surface area contributed by atoms with Gasteiger partial charge in [0.1, 0.15) is 5.01 Å². The van der Waals surface area contributed by atoms with Crippen LogP contribution in [0, 0.1) is 6.92 Å². The number of hydrogen-bond acceptors (Lipinski definition) is 3. The summed E-state index contributed by atoms with van der Waals surface area (Å²) < 4.78 is 0. The van der Waals surface area contributed by atoms with Gasteiger partial charge in [0.05, 0.1) is 5.69 Å². The Kier molecular flexibility index (Phi) is 3.60. The summed E-state index contributed by atoms with van der Waals surface area (Å²) in [7, 11) is 0. The maximum atomic E-state index is 5.61. The molecule has 2 rings (SSSR count). The molecule has 2 nitrogen and oxygen atoms in total.